The maximum absolute atomic E-state index is 15.8. The average Bonchev–Trinajstić information content (AvgIpc) is 3.32. The second kappa shape index (κ2) is 10.3. The summed E-state index contributed by atoms with van der Waals surface area (Å²) in [5, 5.41) is 0.744. The van der Waals surface area contributed by atoms with Gasteiger partial charge < -0.3 is 14.4 Å². The van der Waals surface area contributed by atoms with E-state index in [9.17, 15) is 8.42 Å². The highest BCUT2D eigenvalue weighted by Crippen LogP contribution is 2.42. The van der Waals surface area contributed by atoms with Crippen molar-refractivity contribution in [2.24, 2.45) is 0 Å². The highest BCUT2D eigenvalue weighted by atomic mass is 35.5. The first-order valence-electron chi connectivity index (χ1n) is 10.9. The van der Waals surface area contributed by atoms with Gasteiger partial charge >= 0.3 is 10.2 Å². The largest absolute Gasteiger partial charge is 0.379 e. The topological polar surface area (TPSA) is 110 Å². The molecule has 0 spiro atoms. The van der Waals surface area contributed by atoms with Crippen LogP contribution in [-0.4, -0.2) is 80.3 Å². The number of ether oxygens (including phenoxy) is 2. The zero-order valence-electron chi connectivity index (χ0n) is 18.5. The van der Waals surface area contributed by atoms with Crippen LogP contribution < -0.4 is 9.62 Å². The van der Waals surface area contributed by atoms with Crippen molar-refractivity contribution in [1.82, 2.24) is 19.3 Å². The molecular formula is C21H22ClFN6O4S2. The van der Waals surface area contributed by atoms with E-state index in [0.717, 1.165) is 0 Å². The molecule has 0 amide bonds. The summed E-state index contributed by atoms with van der Waals surface area (Å²) in [5.74, 6) is -0.732. The number of halogens is 2. The Morgan fingerprint density at radius 1 is 1.03 bits per heavy atom. The van der Waals surface area contributed by atoms with Crippen LogP contribution in [0.1, 0.15) is 0 Å². The molecule has 2 aliphatic heterocycles. The van der Waals surface area contributed by atoms with E-state index in [1.807, 2.05) is 0 Å². The standard InChI is InChI=1S/C21H22ClFN6O4S2/c22-20-24-5-4-16(25-20)19-18(26-21(34-19)28-6-10-32-11-7-28)14-2-1-3-15(17(14)23)27-35(30,31)29-8-12-33-13-9-29/h1-5,27H,6-13H2. The van der Waals surface area contributed by atoms with Gasteiger partial charge in [-0.05, 0) is 29.8 Å². The third-order valence-corrected chi connectivity index (χ3v) is 8.40. The summed E-state index contributed by atoms with van der Waals surface area (Å²) < 4.78 is 55.7. The molecule has 2 saturated heterocycles. The molecule has 0 atom stereocenters. The summed E-state index contributed by atoms with van der Waals surface area (Å²) in [6, 6.07) is 6.20. The summed E-state index contributed by atoms with van der Waals surface area (Å²) in [6.07, 6.45) is 1.52. The van der Waals surface area contributed by atoms with Crippen molar-refractivity contribution in [3.63, 3.8) is 0 Å². The number of anilines is 2. The third-order valence-electron chi connectivity index (χ3n) is 5.56. The van der Waals surface area contributed by atoms with Gasteiger partial charge in [-0.2, -0.15) is 12.7 Å². The maximum Gasteiger partial charge on any atom is 0.301 e. The molecule has 2 aliphatic rings. The predicted molar refractivity (Wildman–Crippen MR) is 132 cm³/mol. The van der Waals surface area contributed by atoms with Crippen molar-refractivity contribution >= 4 is 44.0 Å². The van der Waals surface area contributed by atoms with E-state index in [0.29, 0.717) is 47.7 Å². The number of hydrogen-bond donors (Lipinski definition) is 1. The fraction of sp³-hybridized carbons (Fsp3) is 0.381. The zero-order chi connectivity index (χ0) is 24.4. The molecule has 0 aliphatic carbocycles. The second-order valence-electron chi connectivity index (χ2n) is 7.77. The van der Waals surface area contributed by atoms with Gasteiger partial charge in [0.05, 0.1) is 48.4 Å². The van der Waals surface area contributed by atoms with Crippen LogP contribution in [0, 0.1) is 5.82 Å². The summed E-state index contributed by atoms with van der Waals surface area (Å²) in [4.78, 5) is 15.6. The van der Waals surface area contributed by atoms with E-state index in [1.165, 1.54) is 27.9 Å². The first-order chi connectivity index (χ1) is 16.9. The number of aromatic nitrogens is 3. The third kappa shape index (κ3) is 5.25. The van der Waals surface area contributed by atoms with Crippen LogP contribution in [-0.2, 0) is 19.7 Å². The molecule has 186 valence electrons. The van der Waals surface area contributed by atoms with Crippen molar-refractivity contribution in [3.05, 3.63) is 41.6 Å². The van der Waals surface area contributed by atoms with E-state index in [-0.39, 0.29) is 42.8 Å². The number of hydrogen-bond acceptors (Lipinski definition) is 9. The Hall–Kier alpha value is -2.42. The molecule has 10 nitrogen and oxygen atoms in total. The minimum atomic E-state index is -3.95. The Kier molecular flexibility index (Phi) is 7.14. The number of morpholine rings is 2. The summed E-state index contributed by atoms with van der Waals surface area (Å²) >= 11 is 7.38. The van der Waals surface area contributed by atoms with Crippen molar-refractivity contribution < 1.29 is 22.3 Å². The van der Waals surface area contributed by atoms with Gasteiger partial charge in [0.15, 0.2) is 10.9 Å². The van der Waals surface area contributed by atoms with Crippen LogP contribution in [0.3, 0.4) is 0 Å². The van der Waals surface area contributed by atoms with Gasteiger partial charge in [0.1, 0.15) is 0 Å². The highest BCUT2D eigenvalue weighted by Gasteiger charge is 2.28. The van der Waals surface area contributed by atoms with E-state index in [2.05, 4.69) is 19.6 Å². The lowest BCUT2D eigenvalue weighted by atomic mass is 10.1. The van der Waals surface area contributed by atoms with Crippen LogP contribution in [0.4, 0.5) is 15.2 Å². The minimum absolute atomic E-state index is 0.0577. The van der Waals surface area contributed by atoms with Crippen molar-refractivity contribution in [3.8, 4) is 21.8 Å². The normalized spacial score (nSPS) is 17.5. The van der Waals surface area contributed by atoms with E-state index < -0.39 is 16.0 Å². The SMILES string of the molecule is O=S(=O)(Nc1cccc(-c2nc(N3CCOCC3)sc2-c2ccnc(Cl)n2)c1F)N1CCOCC1. The van der Waals surface area contributed by atoms with Crippen molar-refractivity contribution in [2.75, 3.05) is 62.2 Å². The minimum Gasteiger partial charge on any atom is -0.379 e. The number of nitrogens with one attached hydrogen (secondary N) is 1. The van der Waals surface area contributed by atoms with E-state index in [1.54, 1.807) is 18.2 Å². The lowest BCUT2D eigenvalue weighted by Gasteiger charge is -2.26. The maximum atomic E-state index is 15.8. The molecule has 0 bridgehead atoms. The molecule has 0 radical (unpaired) electrons. The van der Waals surface area contributed by atoms with Gasteiger partial charge in [-0.1, -0.05) is 17.4 Å². The van der Waals surface area contributed by atoms with E-state index in [4.69, 9.17) is 26.1 Å². The van der Waals surface area contributed by atoms with Crippen LogP contribution >= 0.6 is 22.9 Å². The number of thiazole rings is 1. The van der Waals surface area contributed by atoms with E-state index >= 15 is 4.39 Å². The first kappa shape index (κ1) is 24.3. The molecule has 14 heteroatoms. The number of rotatable bonds is 6. The number of benzene rings is 1. The molecule has 0 unspecified atom stereocenters. The van der Waals surface area contributed by atoms with Gasteiger partial charge in [-0.25, -0.2) is 19.3 Å². The molecule has 2 aromatic heterocycles. The molecule has 5 rings (SSSR count). The molecule has 1 N–H and O–H groups in total. The summed E-state index contributed by atoms with van der Waals surface area (Å²) in [5.41, 5.74) is 0.821. The Balaban J connectivity index is 1.55. The fourth-order valence-electron chi connectivity index (χ4n) is 3.80. The molecular weight excluding hydrogens is 519 g/mol. The number of nitrogens with zero attached hydrogens (tertiary/aromatic N) is 5. The van der Waals surface area contributed by atoms with Gasteiger partial charge in [0, 0.05) is 37.9 Å². The quantitative estimate of drug-likeness (QED) is 0.475. The predicted octanol–water partition coefficient (Wildman–Crippen LogP) is 2.89. The molecule has 1 aromatic carbocycles. The van der Waals surface area contributed by atoms with Gasteiger partial charge in [0.25, 0.3) is 0 Å². The molecule has 4 heterocycles. The van der Waals surface area contributed by atoms with Crippen molar-refractivity contribution in [1.29, 1.82) is 0 Å². The molecule has 35 heavy (non-hydrogen) atoms. The summed E-state index contributed by atoms with van der Waals surface area (Å²) in [7, 11) is -3.95. The van der Waals surface area contributed by atoms with Gasteiger partial charge in [0.2, 0.25) is 5.28 Å². The Bertz CT molecular complexity index is 1310. The smallest absolute Gasteiger partial charge is 0.301 e. The van der Waals surface area contributed by atoms with Crippen LogP contribution in [0.25, 0.3) is 21.8 Å². The van der Waals surface area contributed by atoms with Crippen LogP contribution in [0.2, 0.25) is 5.28 Å². The lowest BCUT2D eigenvalue weighted by Crippen LogP contribution is -2.43. The molecule has 3 aromatic rings. The van der Waals surface area contributed by atoms with Crippen molar-refractivity contribution in [2.45, 2.75) is 0 Å². The van der Waals surface area contributed by atoms with Crippen LogP contribution in [0.5, 0.6) is 0 Å². The average molecular weight is 541 g/mol. The fourth-order valence-corrected chi connectivity index (χ4v) is 6.24. The molecule has 0 saturated carbocycles. The Morgan fingerprint density at radius 3 is 2.46 bits per heavy atom. The lowest BCUT2D eigenvalue weighted by molar-refractivity contribution is 0.0733. The Morgan fingerprint density at radius 2 is 1.74 bits per heavy atom. The van der Waals surface area contributed by atoms with Crippen LogP contribution in [0.15, 0.2) is 30.5 Å². The van der Waals surface area contributed by atoms with Gasteiger partial charge in [-0.15, -0.1) is 0 Å². The second-order valence-corrected chi connectivity index (χ2v) is 10.8. The molecule has 2 fully saturated rings. The highest BCUT2D eigenvalue weighted by molar-refractivity contribution is 7.90. The first-order valence-corrected chi connectivity index (χ1v) is 13.5. The Labute approximate surface area is 210 Å². The summed E-state index contributed by atoms with van der Waals surface area (Å²) in [6.45, 7) is 3.41. The van der Waals surface area contributed by atoms with Gasteiger partial charge in [-0.3, -0.25) is 4.72 Å². The monoisotopic (exact) mass is 540 g/mol. The zero-order valence-corrected chi connectivity index (χ0v) is 20.9.